The summed E-state index contributed by atoms with van der Waals surface area (Å²) in [6.45, 7) is 0. The van der Waals surface area contributed by atoms with Crippen LogP contribution >= 0.6 is 0 Å². The molecule has 2 rings (SSSR count). The lowest BCUT2D eigenvalue weighted by molar-refractivity contribution is -0.138. The Morgan fingerprint density at radius 2 is 1.00 bits per heavy atom. The van der Waals surface area contributed by atoms with Crippen LogP contribution in [0, 0.1) is 0 Å². The Labute approximate surface area is 156 Å². The lowest BCUT2D eigenvalue weighted by Gasteiger charge is -2.19. The third-order valence-electron chi connectivity index (χ3n) is 3.60. The van der Waals surface area contributed by atoms with Crippen LogP contribution in [0.2, 0.25) is 0 Å². The molecule has 2 aromatic rings. The lowest BCUT2D eigenvalue weighted by Crippen LogP contribution is -2.33. The highest BCUT2D eigenvalue weighted by molar-refractivity contribution is 8.04. The molecule has 154 valence electrons. The van der Waals surface area contributed by atoms with Gasteiger partial charge in [-0.05, 0) is 36.4 Å². The maximum absolute atomic E-state index is 12.8. The largest absolute Gasteiger partial charge is 0.416 e. The molecule has 5 nitrogen and oxygen atoms in total. The van der Waals surface area contributed by atoms with Crippen LogP contribution in [0.5, 0.6) is 0 Å². The molecule has 0 heterocycles. The summed E-state index contributed by atoms with van der Waals surface area (Å²) in [6.07, 6.45) is -9.77. The summed E-state index contributed by atoms with van der Waals surface area (Å²) >= 11 is 0. The van der Waals surface area contributed by atoms with Gasteiger partial charge in [0.2, 0.25) is 0 Å². The van der Waals surface area contributed by atoms with E-state index in [0.29, 0.717) is 19.2 Å². The van der Waals surface area contributed by atoms with Crippen molar-refractivity contribution in [1.29, 1.82) is 0 Å². The Balaban J connectivity index is 2.54. The van der Waals surface area contributed by atoms with Crippen molar-refractivity contribution < 1.29 is 43.2 Å². The fourth-order valence-corrected chi connectivity index (χ4v) is 5.29. The van der Waals surface area contributed by atoms with E-state index in [1.165, 1.54) is 0 Å². The van der Waals surface area contributed by atoms with E-state index in [1.54, 1.807) is 0 Å². The molecule has 0 radical (unpaired) electrons. The molecule has 0 unspecified atom stereocenters. The molecule has 0 bridgehead atoms. The minimum absolute atomic E-state index is 0.230. The van der Waals surface area contributed by atoms with E-state index < -0.39 is 53.3 Å². The standard InChI is InChI=1S/C15H11F6NO4S2/c1-22(27(23,24)12-6-2-4-10(8-12)14(16,17)18)28(25,26)13-7-3-5-11(9-13)15(19,20)21/h2-9H,1H3. The molecule has 0 aromatic heterocycles. The first-order valence-corrected chi connectivity index (χ1v) is 10.0. The molecular formula is C15H11F6NO4S2. The van der Waals surface area contributed by atoms with Gasteiger partial charge in [-0.3, -0.25) is 0 Å². The summed E-state index contributed by atoms with van der Waals surface area (Å²) in [4.78, 5) is -1.97. The van der Waals surface area contributed by atoms with Crippen molar-refractivity contribution in [3.8, 4) is 0 Å². The number of hydrogen-bond donors (Lipinski definition) is 0. The fraction of sp³-hybridized carbons (Fsp3) is 0.200. The van der Waals surface area contributed by atoms with Crippen molar-refractivity contribution in [2.24, 2.45) is 0 Å². The predicted octanol–water partition coefficient (Wildman–Crippen LogP) is 3.73. The number of alkyl halides is 6. The van der Waals surface area contributed by atoms with Crippen LogP contribution in [0.25, 0.3) is 0 Å². The van der Waals surface area contributed by atoms with Crippen molar-refractivity contribution in [3.05, 3.63) is 59.7 Å². The van der Waals surface area contributed by atoms with Gasteiger partial charge in [-0.2, -0.15) is 26.3 Å². The molecule has 2 aromatic carbocycles. The van der Waals surface area contributed by atoms with Crippen LogP contribution in [-0.2, 0) is 32.4 Å². The van der Waals surface area contributed by atoms with Gasteiger partial charge in [-0.15, -0.1) is 0 Å². The number of hydrogen-bond acceptors (Lipinski definition) is 4. The average molecular weight is 447 g/mol. The van der Waals surface area contributed by atoms with Crippen molar-refractivity contribution >= 4 is 20.0 Å². The molecule has 0 spiro atoms. The van der Waals surface area contributed by atoms with Gasteiger partial charge in [0.25, 0.3) is 20.0 Å². The fourth-order valence-electron chi connectivity index (χ4n) is 2.09. The van der Waals surface area contributed by atoms with Crippen molar-refractivity contribution in [3.63, 3.8) is 0 Å². The van der Waals surface area contributed by atoms with Gasteiger partial charge in [0.1, 0.15) is 0 Å². The molecule has 0 saturated carbocycles. The average Bonchev–Trinajstić information content (AvgIpc) is 2.59. The van der Waals surface area contributed by atoms with E-state index in [9.17, 15) is 43.2 Å². The summed E-state index contributed by atoms with van der Waals surface area (Å²) in [5.74, 6) is 0. The summed E-state index contributed by atoms with van der Waals surface area (Å²) in [5.41, 5.74) is -2.67. The second-order valence-electron chi connectivity index (χ2n) is 5.44. The minimum atomic E-state index is -5.01. The number of sulfonamides is 2. The number of rotatable bonds is 4. The highest BCUT2D eigenvalue weighted by atomic mass is 32.3. The summed E-state index contributed by atoms with van der Waals surface area (Å²) in [7, 11) is -9.50. The van der Waals surface area contributed by atoms with E-state index in [1.807, 2.05) is 0 Å². The van der Waals surface area contributed by atoms with Gasteiger partial charge in [0, 0.05) is 7.05 Å². The van der Waals surface area contributed by atoms with Gasteiger partial charge in [-0.25, -0.2) is 16.8 Å². The van der Waals surface area contributed by atoms with Crippen molar-refractivity contribution in [2.45, 2.75) is 22.1 Å². The molecule has 0 saturated heterocycles. The lowest BCUT2D eigenvalue weighted by atomic mass is 10.2. The zero-order valence-electron chi connectivity index (χ0n) is 13.8. The maximum atomic E-state index is 12.8. The second kappa shape index (κ2) is 7.04. The summed E-state index contributed by atoms with van der Waals surface area (Å²) < 4.78 is 126. The van der Waals surface area contributed by atoms with Gasteiger partial charge in [0.15, 0.2) is 0 Å². The van der Waals surface area contributed by atoms with E-state index in [0.717, 1.165) is 24.3 Å². The second-order valence-corrected chi connectivity index (χ2v) is 9.61. The first kappa shape index (κ1) is 22.2. The number of nitrogens with zero attached hydrogens (tertiary/aromatic N) is 1. The molecule has 28 heavy (non-hydrogen) atoms. The Morgan fingerprint density at radius 1 is 0.679 bits per heavy atom. The van der Waals surface area contributed by atoms with E-state index in [2.05, 4.69) is 0 Å². The molecule has 0 aliphatic heterocycles. The zero-order chi connectivity index (χ0) is 21.5. The molecule has 0 N–H and O–H groups in total. The molecule has 0 aliphatic rings. The zero-order valence-corrected chi connectivity index (χ0v) is 15.4. The van der Waals surface area contributed by atoms with Gasteiger partial charge in [0.05, 0.1) is 20.9 Å². The van der Waals surface area contributed by atoms with Crippen molar-refractivity contribution in [2.75, 3.05) is 7.05 Å². The van der Waals surface area contributed by atoms with E-state index in [4.69, 9.17) is 0 Å². The van der Waals surface area contributed by atoms with Crippen LogP contribution in [0.4, 0.5) is 26.3 Å². The topological polar surface area (TPSA) is 71.5 Å². The van der Waals surface area contributed by atoms with Gasteiger partial charge < -0.3 is 0 Å². The Bertz CT molecular complexity index is 1000. The number of benzene rings is 2. The van der Waals surface area contributed by atoms with Crippen LogP contribution in [0.15, 0.2) is 58.3 Å². The van der Waals surface area contributed by atoms with Crippen molar-refractivity contribution in [1.82, 2.24) is 3.71 Å². The summed E-state index contributed by atoms with van der Waals surface area (Å²) in [6, 6.07) is 4.63. The SMILES string of the molecule is CN(S(=O)(=O)c1cccc(C(F)(F)F)c1)S(=O)(=O)c1cccc(C(F)(F)F)c1. The highest BCUT2D eigenvalue weighted by Gasteiger charge is 2.37. The minimum Gasteiger partial charge on any atom is -0.206 e. The predicted molar refractivity (Wildman–Crippen MR) is 85.0 cm³/mol. The molecular weight excluding hydrogens is 436 g/mol. The Kier molecular flexibility index (Phi) is 5.58. The molecule has 0 amide bonds. The maximum Gasteiger partial charge on any atom is 0.416 e. The van der Waals surface area contributed by atoms with Crippen LogP contribution < -0.4 is 0 Å². The number of halogens is 6. The molecule has 0 aliphatic carbocycles. The smallest absolute Gasteiger partial charge is 0.206 e. The first-order chi connectivity index (χ1) is 12.6. The molecule has 13 heteroatoms. The first-order valence-electron chi connectivity index (χ1n) is 7.16. The van der Waals surface area contributed by atoms with Crippen LogP contribution in [0.3, 0.4) is 0 Å². The Morgan fingerprint density at radius 3 is 1.29 bits per heavy atom. The normalized spacial score (nSPS) is 13.7. The van der Waals surface area contributed by atoms with Crippen LogP contribution in [-0.4, -0.2) is 27.6 Å². The van der Waals surface area contributed by atoms with Gasteiger partial charge >= 0.3 is 12.4 Å². The van der Waals surface area contributed by atoms with Crippen LogP contribution in [0.1, 0.15) is 11.1 Å². The molecule has 0 atom stereocenters. The summed E-state index contributed by atoms with van der Waals surface area (Å²) in [5, 5.41) is 0. The third-order valence-corrected chi connectivity index (χ3v) is 7.83. The highest BCUT2D eigenvalue weighted by Crippen LogP contribution is 2.33. The van der Waals surface area contributed by atoms with E-state index in [-0.39, 0.29) is 15.8 Å². The quantitative estimate of drug-likeness (QED) is 0.670. The Hall–Kier alpha value is -2.12. The third kappa shape index (κ3) is 4.31. The van der Waals surface area contributed by atoms with Gasteiger partial charge in [-0.1, -0.05) is 15.8 Å². The molecule has 0 fully saturated rings. The van der Waals surface area contributed by atoms with E-state index >= 15 is 0 Å². The monoisotopic (exact) mass is 447 g/mol.